The van der Waals surface area contributed by atoms with Crippen molar-refractivity contribution in [1.82, 2.24) is 0 Å². The standard InChI is InChI=1S/C21H31BrO3.C21H42O2Si2.C20H27BrO2.C16H23BrO.C14H21BrO.C5H7BrO2.2C4H8.6CH4.Zn/c1-14(7-8-17(23)12-15(2)20(24)25-4)18-9-10-19-16(13-22)6-5-11-21(18,19)3;1-14-16-19(23-25(12,13)21(7,8)9)17(3)18(15-2)22-24(10,11)20(4,5)6;1-13(6-7-16-11-14(2)19(22)23-16)17-8-9-18-15(12-21)5-4-10-20(17,18)3;1-12(5-4-10-18)14-7-8-15-13(11-17)6-3-9-16(14,15)2;1-10(9-16)12-5-6-13-11(8-15)4-3-7-14(12,13)2;1-4(3-6)5(7)8-2;2*1-3-4-2;;;;;;;/h7-8,13-14,17-19,23H,2,5-6,9-12H2,1,3-4H3;1,15,17-19H,2,16H2,3-13H3;6-7,12-13,16-18H,2,4-5,8-11H2,1,3H3;4-5,10-12,14-15H,3,6-9H2,1-2H3;8-10,12-13H,3-7H2,1-2H3;1,3H2,2H3;2*3-4H,1-2H3;6*1H4;/b8-7+,16-13+;;7-6+,15-12+;5-4+,13-11+;11-8+;;;;;;;;;;/t14-,17?,18-,19+,21-;17-,18?,19+;13-,16?,17-,18+,20-;12-,14-,15+,16-;10-,12-,13+,14-;;;;;;;;;;/m11111........../s1. The number of carbonyl (C=O) groups is 5. The van der Waals surface area contributed by atoms with Gasteiger partial charge in [-0.2, -0.15) is 0 Å². The zero-order chi connectivity index (χ0) is 93.8. The first-order valence-electron chi connectivity index (χ1n) is 45.9. The SMILES string of the molecule is C.C.C.C.C.C.C#CC[C@H](O[Si](C)(C)C(C)(C)C)[C@H](C)C(C=C)O[Si](C)(C)C(C)(C)C.C=C(CBr)C(=O)OC.C=C(CC(O)/C=C/[C@@H](C)[C@H]1CC[C@H]2/C(=C/Br)CCC[C@]12C)C(=O)OC.C=C1CC(/C=C/[C@@H](C)[C@H]2CC[C@H]3/C(=C/Br)CCC[C@]23C)OC1=O.CC=CC.CC=CC.C[C@H](/C=C/C=O)[C@H]1CC[C@H]2/C(=C/Br)CCC[C@]12C.C[C@H](C=O)[C@H]1CC[C@H]2/C(=C/Br)CCC[C@]12C.[Zn]. The summed E-state index contributed by atoms with van der Waals surface area (Å²) in [6.45, 7) is 66.5. The first kappa shape index (κ1) is 138. The Balaban J connectivity index is -0.000000351. The van der Waals surface area contributed by atoms with E-state index in [2.05, 4.69) is 296 Å². The van der Waals surface area contributed by atoms with Crippen molar-refractivity contribution in [2.24, 2.45) is 98.6 Å². The van der Waals surface area contributed by atoms with Gasteiger partial charge in [-0.15, -0.1) is 18.9 Å². The number of rotatable bonds is 24. The van der Waals surface area contributed by atoms with Crippen LogP contribution in [0.3, 0.4) is 0 Å². The fraction of sp³-hybridized carbons (Fsp3) is 0.703. The molecule has 21 atom stereocenters. The first-order chi connectivity index (χ1) is 57.6. The maximum absolute atomic E-state index is 11.4. The molecule has 1 heterocycles. The molecule has 8 saturated carbocycles. The summed E-state index contributed by atoms with van der Waals surface area (Å²) < 4.78 is 27.6. The number of terminal acetylenes is 1. The zero-order valence-corrected chi connectivity index (χ0v) is 94.5. The number of fused-ring (bicyclic) bond motifs is 4. The molecule has 0 aromatic heterocycles. The molecule has 11 nitrogen and oxygen atoms in total. The van der Waals surface area contributed by atoms with E-state index < -0.39 is 28.7 Å². The molecule has 9 aliphatic rings. The Morgan fingerprint density at radius 3 is 1.17 bits per heavy atom. The normalized spacial score (nSPS) is 28.9. The van der Waals surface area contributed by atoms with Crippen LogP contribution >= 0.6 is 79.6 Å². The largest absolute Gasteiger partial charge is 0.466 e. The third-order valence-electron chi connectivity index (χ3n) is 30.6. The molecule has 0 aromatic carbocycles. The van der Waals surface area contributed by atoms with Crippen LogP contribution in [0.25, 0.3) is 0 Å². The quantitative estimate of drug-likeness (QED) is 0.0144. The van der Waals surface area contributed by atoms with Gasteiger partial charge >= 0.3 is 17.9 Å². The molecule has 0 spiro atoms. The minimum absolute atomic E-state index is 0. The van der Waals surface area contributed by atoms with E-state index in [9.17, 15) is 29.1 Å². The van der Waals surface area contributed by atoms with Crippen molar-refractivity contribution >= 4 is 127 Å². The number of aldehydes is 2. The third kappa shape index (κ3) is 39.2. The van der Waals surface area contributed by atoms with Crippen molar-refractivity contribution in [3.8, 4) is 12.3 Å². The number of allylic oxidation sites excluding steroid dienone is 12. The predicted octanol–water partition coefficient (Wildman–Crippen LogP) is 34.6. The number of methoxy groups -OCH3 is 2. The average Bonchev–Trinajstić information content (AvgIpc) is 1.62. The molecule has 19 heteroatoms. The van der Waals surface area contributed by atoms with E-state index in [1.807, 2.05) is 64.2 Å². The molecule has 3 unspecified atom stereocenters. The van der Waals surface area contributed by atoms with Gasteiger partial charge in [-0.1, -0.05) is 325 Å². The molecule has 1 aliphatic heterocycles. The monoisotopic (exact) mass is 2210 g/mol. The molecule has 0 aromatic rings. The average molecular weight is 2220 g/mol. The smallest absolute Gasteiger partial charge is 0.334 e. The van der Waals surface area contributed by atoms with Crippen LogP contribution < -0.4 is 0 Å². The number of aliphatic hydroxyl groups excluding tert-OH is 1. The molecule has 9 rings (SSSR count). The zero-order valence-electron chi connectivity index (χ0n) is 81.6. The van der Waals surface area contributed by atoms with Crippen LogP contribution in [0.15, 0.2) is 152 Å². The fourth-order valence-corrected chi connectivity index (χ4v) is 26.3. The van der Waals surface area contributed by atoms with E-state index in [-0.39, 0.29) is 123 Å². The second kappa shape index (κ2) is 66.0. The van der Waals surface area contributed by atoms with Gasteiger partial charge in [-0.25, -0.2) is 14.4 Å². The molecular formula is C111H191Br5O11Si2Zn. The number of hydrogen-bond donors (Lipinski definition) is 1. The van der Waals surface area contributed by atoms with Crippen molar-refractivity contribution < 1.29 is 71.6 Å². The molecule has 8 aliphatic carbocycles. The second-order valence-electron chi connectivity index (χ2n) is 40.4. The number of ether oxygens (including phenoxy) is 3. The predicted molar refractivity (Wildman–Crippen MR) is 586 cm³/mol. The summed E-state index contributed by atoms with van der Waals surface area (Å²) in [5.74, 6) is 9.16. The van der Waals surface area contributed by atoms with Crippen LogP contribution in [-0.2, 0) is 66.5 Å². The molecule has 0 amide bonds. The Labute approximate surface area is 857 Å². The fourth-order valence-electron chi connectivity index (χ4n) is 21.2. The van der Waals surface area contributed by atoms with Gasteiger partial charge in [0, 0.05) is 72.6 Å². The van der Waals surface area contributed by atoms with Gasteiger partial charge in [0.05, 0.1) is 32.5 Å². The van der Waals surface area contributed by atoms with Gasteiger partial charge in [-0.05, 0) is 311 Å². The third-order valence-corrected chi connectivity index (χ3v) is 42.6. The Morgan fingerprint density at radius 2 is 0.892 bits per heavy atom. The number of halogens is 5. The van der Waals surface area contributed by atoms with E-state index in [0.29, 0.717) is 104 Å². The van der Waals surface area contributed by atoms with E-state index in [4.69, 9.17) is 20.0 Å². The molecule has 130 heavy (non-hydrogen) atoms. The van der Waals surface area contributed by atoms with Crippen molar-refractivity contribution in [2.75, 3.05) is 19.5 Å². The Morgan fingerprint density at radius 1 is 0.562 bits per heavy atom. The Bertz CT molecular complexity index is 3670. The van der Waals surface area contributed by atoms with Crippen LogP contribution in [0.5, 0.6) is 0 Å². The van der Waals surface area contributed by atoms with E-state index in [1.54, 1.807) is 28.4 Å². The maximum Gasteiger partial charge on any atom is 0.334 e. The second-order valence-corrected chi connectivity index (χ2v) is 52.3. The summed E-state index contributed by atoms with van der Waals surface area (Å²) in [4.78, 5) is 63.4. The topological polar surface area (TPSA) is 152 Å². The summed E-state index contributed by atoms with van der Waals surface area (Å²) in [7, 11) is -1.12. The van der Waals surface area contributed by atoms with Gasteiger partial charge in [0.25, 0.3) is 0 Å². The minimum atomic E-state index is -1.90. The number of cyclic esters (lactones) is 1. The summed E-state index contributed by atoms with van der Waals surface area (Å²) in [5, 5.41) is 11.0. The van der Waals surface area contributed by atoms with E-state index in [0.717, 1.165) is 30.3 Å². The van der Waals surface area contributed by atoms with Gasteiger partial charge in [-0.3, -0.25) is 4.79 Å². The molecule has 1 N–H and O–H groups in total. The van der Waals surface area contributed by atoms with E-state index >= 15 is 0 Å². The van der Waals surface area contributed by atoms with Gasteiger partial charge < -0.3 is 33.0 Å². The van der Waals surface area contributed by atoms with Crippen LogP contribution in [0.1, 0.15) is 324 Å². The number of aliphatic hydroxyl groups is 1. The van der Waals surface area contributed by atoms with Crippen molar-refractivity contribution in [3.05, 3.63) is 152 Å². The summed E-state index contributed by atoms with van der Waals surface area (Å²) in [6.07, 6.45) is 56.0. The Hall–Kier alpha value is -2.73. The van der Waals surface area contributed by atoms with Crippen LogP contribution in [0.2, 0.25) is 36.3 Å². The van der Waals surface area contributed by atoms with Gasteiger partial charge in [0.2, 0.25) is 0 Å². The molecule has 1 saturated heterocycles. The Kier molecular flexibility index (Phi) is 70.0. The molecule has 0 radical (unpaired) electrons. The first-order valence-corrected chi connectivity index (χ1v) is 56.5. The van der Waals surface area contributed by atoms with E-state index in [1.165, 1.54) is 143 Å². The molecule has 0 bridgehead atoms. The summed E-state index contributed by atoms with van der Waals surface area (Å²) in [6, 6.07) is 0. The number of esters is 3. The molecular weight excluding hydrogens is 2030 g/mol. The number of alkyl halides is 1. The van der Waals surface area contributed by atoms with Crippen LogP contribution in [-0.4, -0.2) is 96.2 Å². The number of carbonyl (C=O) groups excluding carboxylic acids is 5. The molecule has 9 fully saturated rings. The number of hydrogen-bond acceptors (Lipinski definition) is 11. The van der Waals surface area contributed by atoms with Crippen LogP contribution in [0.4, 0.5) is 0 Å². The summed E-state index contributed by atoms with van der Waals surface area (Å²) in [5.41, 5.74) is 9.28. The van der Waals surface area contributed by atoms with Crippen molar-refractivity contribution in [2.45, 2.75) is 384 Å². The van der Waals surface area contributed by atoms with Crippen molar-refractivity contribution in [1.29, 1.82) is 0 Å². The van der Waals surface area contributed by atoms with Gasteiger partial charge in [0.15, 0.2) is 16.6 Å². The van der Waals surface area contributed by atoms with Gasteiger partial charge in [0.1, 0.15) is 18.7 Å². The minimum Gasteiger partial charge on any atom is -0.466 e. The maximum atomic E-state index is 11.4. The van der Waals surface area contributed by atoms with Crippen LogP contribution in [0, 0.1) is 111 Å². The molecule has 746 valence electrons. The van der Waals surface area contributed by atoms with Crippen molar-refractivity contribution in [3.63, 3.8) is 0 Å². The summed E-state index contributed by atoms with van der Waals surface area (Å²) >= 11 is 17.3.